The molecule has 3 heteroatoms. The van der Waals surface area contributed by atoms with E-state index in [1.807, 2.05) is 18.2 Å². The summed E-state index contributed by atoms with van der Waals surface area (Å²) in [7, 11) is 0. The van der Waals surface area contributed by atoms with Crippen molar-refractivity contribution in [2.75, 3.05) is 13.1 Å². The summed E-state index contributed by atoms with van der Waals surface area (Å²) in [5.74, 6) is 0.420. The van der Waals surface area contributed by atoms with Crippen LogP contribution in [0.3, 0.4) is 0 Å². The Labute approximate surface area is 135 Å². The first-order chi connectivity index (χ1) is 10.2. The van der Waals surface area contributed by atoms with Gasteiger partial charge in [0.05, 0.1) is 0 Å². The molecule has 4 rings (SSSR count). The van der Waals surface area contributed by atoms with E-state index in [1.54, 1.807) is 0 Å². The number of rotatable bonds is 1. The second-order valence-corrected chi connectivity index (χ2v) is 6.90. The van der Waals surface area contributed by atoms with Gasteiger partial charge in [0, 0.05) is 28.5 Å². The molecule has 108 valence electrons. The monoisotopic (exact) mass is 317 g/mol. The first-order valence-corrected chi connectivity index (χ1v) is 8.27. The Morgan fingerprint density at radius 3 is 2.48 bits per heavy atom. The third kappa shape index (κ3) is 2.38. The molecule has 0 aliphatic carbocycles. The number of benzene rings is 2. The van der Waals surface area contributed by atoms with Gasteiger partial charge in [-0.3, -0.25) is 4.90 Å². The van der Waals surface area contributed by atoms with Crippen LogP contribution in [0.25, 0.3) is 0 Å². The van der Waals surface area contributed by atoms with Gasteiger partial charge in [0.1, 0.15) is 0 Å². The van der Waals surface area contributed by atoms with Crippen LogP contribution in [-0.4, -0.2) is 18.0 Å². The zero-order valence-electron chi connectivity index (χ0n) is 11.7. The van der Waals surface area contributed by atoms with E-state index in [-0.39, 0.29) is 0 Å². The van der Waals surface area contributed by atoms with Gasteiger partial charge in [-0.15, -0.1) is 0 Å². The van der Waals surface area contributed by atoms with E-state index >= 15 is 0 Å². The zero-order valence-corrected chi connectivity index (χ0v) is 13.2. The van der Waals surface area contributed by atoms with Crippen LogP contribution in [0.5, 0.6) is 0 Å². The van der Waals surface area contributed by atoms with Gasteiger partial charge in [-0.1, -0.05) is 41.4 Å². The highest BCUT2D eigenvalue weighted by Gasteiger charge is 2.36. The van der Waals surface area contributed by atoms with Crippen LogP contribution in [0, 0.1) is 0 Å². The minimum atomic E-state index is 0.420. The van der Waals surface area contributed by atoms with Crippen molar-refractivity contribution in [3.05, 3.63) is 69.2 Å². The molecule has 0 saturated carbocycles. The molecule has 0 N–H and O–H groups in total. The van der Waals surface area contributed by atoms with Crippen LogP contribution in [0.15, 0.2) is 42.5 Å². The zero-order chi connectivity index (χ0) is 14.4. The molecule has 2 aliphatic rings. The summed E-state index contributed by atoms with van der Waals surface area (Å²) in [4.78, 5) is 2.61. The quantitative estimate of drug-likeness (QED) is 0.692. The molecule has 0 aromatic heterocycles. The largest absolute Gasteiger partial charge is 0.295 e. The molecule has 1 nitrogen and oxygen atoms in total. The van der Waals surface area contributed by atoms with Crippen molar-refractivity contribution < 1.29 is 0 Å². The lowest BCUT2D eigenvalue weighted by molar-refractivity contribution is 0.230. The van der Waals surface area contributed by atoms with E-state index in [4.69, 9.17) is 23.2 Å². The first-order valence-electron chi connectivity index (χ1n) is 7.51. The second-order valence-electron chi connectivity index (χ2n) is 6.03. The van der Waals surface area contributed by atoms with Gasteiger partial charge in [0.25, 0.3) is 0 Å². The fraction of sp³-hybridized carbons (Fsp3) is 0.333. The highest BCUT2D eigenvalue weighted by Crippen LogP contribution is 2.44. The van der Waals surface area contributed by atoms with Gasteiger partial charge in [-0.05, 0) is 60.3 Å². The fourth-order valence-electron chi connectivity index (χ4n) is 3.86. The van der Waals surface area contributed by atoms with Crippen LogP contribution >= 0.6 is 23.2 Å². The molecule has 21 heavy (non-hydrogen) atoms. The predicted molar refractivity (Wildman–Crippen MR) is 88.3 cm³/mol. The van der Waals surface area contributed by atoms with Crippen molar-refractivity contribution in [2.24, 2.45) is 0 Å². The molecule has 0 amide bonds. The van der Waals surface area contributed by atoms with Crippen LogP contribution in [-0.2, 0) is 0 Å². The van der Waals surface area contributed by atoms with Crippen molar-refractivity contribution >= 4 is 23.2 Å². The summed E-state index contributed by atoms with van der Waals surface area (Å²) >= 11 is 12.3. The highest BCUT2D eigenvalue weighted by molar-refractivity contribution is 6.30. The Hall–Kier alpha value is -1.02. The molecule has 0 bridgehead atoms. The van der Waals surface area contributed by atoms with Crippen LogP contribution < -0.4 is 0 Å². The smallest absolute Gasteiger partial charge is 0.0409 e. The highest BCUT2D eigenvalue weighted by atomic mass is 35.5. The van der Waals surface area contributed by atoms with E-state index in [0.29, 0.717) is 12.0 Å². The maximum atomic E-state index is 6.25. The van der Waals surface area contributed by atoms with E-state index < -0.39 is 0 Å². The normalized spacial score (nSPS) is 24.7. The Bertz CT molecular complexity index is 665. The van der Waals surface area contributed by atoms with Crippen molar-refractivity contribution in [3.63, 3.8) is 0 Å². The van der Waals surface area contributed by atoms with Gasteiger partial charge in [-0.2, -0.15) is 0 Å². The summed E-state index contributed by atoms with van der Waals surface area (Å²) in [6, 6.07) is 15.2. The Morgan fingerprint density at radius 2 is 1.67 bits per heavy atom. The summed E-state index contributed by atoms with van der Waals surface area (Å²) in [6.45, 7) is 2.29. The third-order valence-electron chi connectivity index (χ3n) is 4.84. The average molecular weight is 318 g/mol. The first kappa shape index (κ1) is 13.6. The number of nitrogens with zero attached hydrogens (tertiary/aromatic N) is 1. The van der Waals surface area contributed by atoms with Gasteiger partial charge in [-0.25, -0.2) is 0 Å². The van der Waals surface area contributed by atoms with Crippen molar-refractivity contribution in [1.29, 1.82) is 0 Å². The molecular formula is C18H17Cl2N. The fourth-order valence-corrected chi connectivity index (χ4v) is 4.17. The molecule has 1 fully saturated rings. The van der Waals surface area contributed by atoms with Gasteiger partial charge in [0.2, 0.25) is 0 Å². The third-order valence-corrected chi connectivity index (χ3v) is 5.32. The molecule has 2 aliphatic heterocycles. The van der Waals surface area contributed by atoms with Crippen LogP contribution in [0.4, 0.5) is 0 Å². The summed E-state index contributed by atoms with van der Waals surface area (Å²) in [6.07, 6.45) is 2.53. The lowest BCUT2D eigenvalue weighted by Crippen LogP contribution is -2.34. The molecule has 1 saturated heterocycles. The summed E-state index contributed by atoms with van der Waals surface area (Å²) in [5.41, 5.74) is 4.20. The topological polar surface area (TPSA) is 3.24 Å². The SMILES string of the molecule is Clc1ccc(C2CN3CCCC3c3cc(Cl)ccc32)cc1. The molecule has 2 aromatic carbocycles. The lowest BCUT2D eigenvalue weighted by atomic mass is 9.82. The Kier molecular flexibility index (Phi) is 3.45. The lowest BCUT2D eigenvalue weighted by Gasteiger charge is -2.37. The molecular weight excluding hydrogens is 301 g/mol. The Morgan fingerprint density at radius 1 is 0.905 bits per heavy atom. The number of hydrogen-bond donors (Lipinski definition) is 0. The maximum Gasteiger partial charge on any atom is 0.0409 e. The maximum absolute atomic E-state index is 6.25. The van der Waals surface area contributed by atoms with Crippen molar-refractivity contribution in [3.8, 4) is 0 Å². The van der Waals surface area contributed by atoms with E-state index in [9.17, 15) is 0 Å². The van der Waals surface area contributed by atoms with E-state index in [1.165, 1.54) is 36.1 Å². The van der Waals surface area contributed by atoms with E-state index in [0.717, 1.165) is 16.6 Å². The second kappa shape index (κ2) is 5.31. The molecule has 2 atom stereocenters. The van der Waals surface area contributed by atoms with Gasteiger partial charge < -0.3 is 0 Å². The minimum absolute atomic E-state index is 0.420. The van der Waals surface area contributed by atoms with Crippen LogP contribution in [0.2, 0.25) is 10.0 Å². The Balaban J connectivity index is 1.82. The summed E-state index contributed by atoms with van der Waals surface area (Å²) < 4.78 is 0. The van der Waals surface area contributed by atoms with Crippen LogP contribution in [0.1, 0.15) is 41.5 Å². The number of halogens is 2. The number of hydrogen-bond acceptors (Lipinski definition) is 1. The number of fused-ring (bicyclic) bond motifs is 3. The molecule has 0 radical (unpaired) electrons. The van der Waals surface area contributed by atoms with Crippen molar-refractivity contribution in [1.82, 2.24) is 4.90 Å². The van der Waals surface area contributed by atoms with Gasteiger partial charge in [0.15, 0.2) is 0 Å². The average Bonchev–Trinajstić information content (AvgIpc) is 2.96. The van der Waals surface area contributed by atoms with E-state index in [2.05, 4.69) is 29.2 Å². The van der Waals surface area contributed by atoms with Gasteiger partial charge >= 0.3 is 0 Å². The summed E-state index contributed by atoms with van der Waals surface area (Å²) in [5, 5.41) is 1.64. The molecule has 2 unspecified atom stereocenters. The predicted octanol–water partition coefficient (Wildman–Crippen LogP) is 5.28. The molecule has 2 heterocycles. The molecule has 0 spiro atoms. The molecule has 2 aromatic rings. The van der Waals surface area contributed by atoms with Crippen molar-refractivity contribution in [2.45, 2.75) is 24.8 Å². The standard InChI is InChI=1S/C18H17Cl2N/c19-13-5-3-12(4-6-13)17-11-21-9-1-2-18(21)16-10-14(20)7-8-15(16)17/h3-8,10,17-18H,1-2,9,11H2. The minimum Gasteiger partial charge on any atom is -0.295 e.